The van der Waals surface area contributed by atoms with E-state index in [0.29, 0.717) is 19.3 Å². The maximum atomic E-state index is 5.94. The van der Waals surface area contributed by atoms with Gasteiger partial charge in [0.1, 0.15) is 0 Å². The van der Waals surface area contributed by atoms with Gasteiger partial charge in [-0.2, -0.15) is 0 Å². The molecule has 1 atom stereocenters. The Hall–Kier alpha value is -0.900. The Kier molecular flexibility index (Phi) is 7.72. The van der Waals surface area contributed by atoms with Crippen molar-refractivity contribution in [2.45, 2.75) is 45.9 Å². The van der Waals surface area contributed by atoms with Gasteiger partial charge in [-0.1, -0.05) is 44.2 Å². The molecule has 3 nitrogen and oxygen atoms in total. The van der Waals surface area contributed by atoms with E-state index in [2.05, 4.69) is 31.3 Å². The zero-order chi connectivity index (χ0) is 14.1. The van der Waals surface area contributed by atoms with Gasteiger partial charge >= 0.3 is 0 Å². The van der Waals surface area contributed by atoms with Crippen LogP contribution in [0.1, 0.15) is 39.4 Å². The van der Waals surface area contributed by atoms with E-state index in [-0.39, 0.29) is 12.2 Å². The van der Waals surface area contributed by atoms with E-state index >= 15 is 0 Å². The Morgan fingerprint density at radius 1 is 0.947 bits per heavy atom. The second-order valence-electron chi connectivity index (χ2n) is 5.25. The predicted molar refractivity (Wildman–Crippen MR) is 79.4 cm³/mol. The first-order valence-electron chi connectivity index (χ1n) is 7.11. The molecule has 0 bridgehead atoms. The van der Waals surface area contributed by atoms with Crippen molar-refractivity contribution in [3.05, 3.63) is 35.9 Å². The van der Waals surface area contributed by atoms with Gasteiger partial charge < -0.3 is 14.8 Å². The summed E-state index contributed by atoms with van der Waals surface area (Å²) in [6.07, 6.45) is 0.340. The number of benzene rings is 1. The summed E-state index contributed by atoms with van der Waals surface area (Å²) in [5.41, 5.74) is 1.21. The molecule has 0 fully saturated rings. The maximum absolute atomic E-state index is 5.94. The van der Waals surface area contributed by atoms with Crippen LogP contribution in [-0.4, -0.2) is 31.9 Å². The van der Waals surface area contributed by atoms with E-state index in [0.717, 1.165) is 6.54 Å². The summed E-state index contributed by atoms with van der Waals surface area (Å²) >= 11 is 0. The van der Waals surface area contributed by atoms with Gasteiger partial charge in [-0.25, -0.2) is 0 Å². The van der Waals surface area contributed by atoms with E-state index in [1.54, 1.807) is 0 Å². The first kappa shape index (κ1) is 16.2. The minimum absolute atomic E-state index is 0.0827. The summed E-state index contributed by atoms with van der Waals surface area (Å²) in [6.45, 7) is 10.4. The molecular weight excluding hydrogens is 238 g/mol. The molecule has 0 saturated carbocycles. The number of nitrogens with one attached hydrogen (secondary N) is 1. The van der Waals surface area contributed by atoms with Crippen LogP contribution in [-0.2, 0) is 9.47 Å². The summed E-state index contributed by atoms with van der Waals surface area (Å²) in [7, 11) is 0. The second-order valence-corrected chi connectivity index (χ2v) is 5.25. The molecule has 0 amide bonds. The van der Waals surface area contributed by atoms with Gasteiger partial charge in [0.25, 0.3) is 0 Å². The smallest absolute Gasteiger partial charge is 0.0950 e. The highest BCUT2D eigenvalue weighted by Gasteiger charge is 2.12. The van der Waals surface area contributed by atoms with Gasteiger partial charge in [0.15, 0.2) is 0 Å². The molecule has 1 N–H and O–H groups in total. The molecule has 0 spiro atoms. The van der Waals surface area contributed by atoms with Gasteiger partial charge in [0, 0.05) is 12.6 Å². The van der Waals surface area contributed by atoms with E-state index in [4.69, 9.17) is 9.47 Å². The minimum Gasteiger partial charge on any atom is -0.376 e. The normalized spacial score (nSPS) is 13.2. The van der Waals surface area contributed by atoms with Crippen molar-refractivity contribution in [2.24, 2.45) is 0 Å². The molecule has 0 aliphatic heterocycles. The van der Waals surface area contributed by atoms with Crippen LogP contribution in [0.25, 0.3) is 0 Å². The van der Waals surface area contributed by atoms with E-state index in [1.807, 2.05) is 32.0 Å². The lowest BCUT2D eigenvalue weighted by Gasteiger charge is -2.21. The highest BCUT2D eigenvalue weighted by molar-refractivity contribution is 5.17. The fraction of sp³-hybridized carbons (Fsp3) is 0.625. The monoisotopic (exact) mass is 265 g/mol. The molecule has 0 radical (unpaired) electrons. The van der Waals surface area contributed by atoms with Crippen molar-refractivity contribution in [1.29, 1.82) is 0 Å². The lowest BCUT2D eigenvalue weighted by molar-refractivity contribution is -0.0135. The largest absolute Gasteiger partial charge is 0.376 e. The van der Waals surface area contributed by atoms with E-state index in [9.17, 15) is 0 Å². The Morgan fingerprint density at radius 2 is 1.58 bits per heavy atom. The summed E-state index contributed by atoms with van der Waals surface area (Å²) in [6, 6.07) is 10.8. The molecule has 0 aliphatic carbocycles. The topological polar surface area (TPSA) is 30.5 Å². The Labute approximate surface area is 117 Å². The highest BCUT2D eigenvalue weighted by Crippen LogP contribution is 2.16. The Balaban J connectivity index is 2.45. The summed E-state index contributed by atoms with van der Waals surface area (Å²) in [5, 5.41) is 3.43. The fourth-order valence-corrected chi connectivity index (χ4v) is 1.76. The molecule has 3 heteroatoms. The van der Waals surface area contributed by atoms with Crippen LogP contribution in [0.3, 0.4) is 0 Å². The number of rotatable bonds is 9. The van der Waals surface area contributed by atoms with E-state index in [1.165, 1.54) is 5.56 Å². The van der Waals surface area contributed by atoms with Crippen molar-refractivity contribution in [1.82, 2.24) is 5.32 Å². The summed E-state index contributed by atoms with van der Waals surface area (Å²) in [4.78, 5) is 0. The van der Waals surface area contributed by atoms with Gasteiger partial charge in [0.2, 0.25) is 0 Å². The van der Waals surface area contributed by atoms with Crippen LogP contribution in [0.15, 0.2) is 30.3 Å². The molecule has 0 aliphatic rings. The molecule has 0 aromatic heterocycles. The quantitative estimate of drug-likeness (QED) is 0.696. The van der Waals surface area contributed by atoms with Crippen molar-refractivity contribution < 1.29 is 9.47 Å². The summed E-state index contributed by atoms with van der Waals surface area (Å²) < 4.78 is 11.4. The van der Waals surface area contributed by atoms with Gasteiger partial charge in [-0.15, -0.1) is 0 Å². The van der Waals surface area contributed by atoms with Crippen LogP contribution in [0, 0.1) is 0 Å². The molecule has 108 valence electrons. The average Bonchev–Trinajstić information content (AvgIpc) is 2.38. The molecule has 0 saturated heterocycles. The Bertz CT molecular complexity index is 325. The van der Waals surface area contributed by atoms with Crippen molar-refractivity contribution >= 4 is 0 Å². The SMILES string of the molecule is CC(C)NCC(OCCOC(C)C)c1ccccc1. The van der Waals surface area contributed by atoms with Crippen LogP contribution >= 0.6 is 0 Å². The van der Waals surface area contributed by atoms with Crippen LogP contribution in [0.2, 0.25) is 0 Å². The van der Waals surface area contributed by atoms with Crippen LogP contribution in [0.5, 0.6) is 0 Å². The van der Waals surface area contributed by atoms with E-state index < -0.39 is 0 Å². The molecular formula is C16H27NO2. The third kappa shape index (κ3) is 7.31. The third-order valence-electron chi connectivity index (χ3n) is 2.74. The lowest BCUT2D eigenvalue weighted by atomic mass is 10.1. The average molecular weight is 265 g/mol. The highest BCUT2D eigenvalue weighted by atomic mass is 16.5. The molecule has 1 aromatic rings. The van der Waals surface area contributed by atoms with Gasteiger partial charge in [-0.05, 0) is 19.4 Å². The molecule has 1 rings (SSSR count). The first-order chi connectivity index (χ1) is 9.09. The fourth-order valence-electron chi connectivity index (χ4n) is 1.76. The zero-order valence-electron chi connectivity index (χ0n) is 12.6. The number of hydrogen-bond acceptors (Lipinski definition) is 3. The third-order valence-corrected chi connectivity index (χ3v) is 2.74. The van der Waals surface area contributed by atoms with Gasteiger partial charge in [0.05, 0.1) is 25.4 Å². The van der Waals surface area contributed by atoms with Crippen molar-refractivity contribution in [3.8, 4) is 0 Å². The minimum atomic E-state index is 0.0827. The van der Waals surface area contributed by atoms with Gasteiger partial charge in [-0.3, -0.25) is 0 Å². The second kappa shape index (κ2) is 9.08. The summed E-state index contributed by atoms with van der Waals surface area (Å²) in [5.74, 6) is 0. The lowest BCUT2D eigenvalue weighted by Crippen LogP contribution is -2.29. The number of hydrogen-bond donors (Lipinski definition) is 1. The number of ether oxygens (including phenoxy) is 2. The zero-order valence-corrected chi connectivity index (χ0v) is 12.6. The standard InChI is InChI=1S/C16H27NO2/c1-13(2)17-12-16(15-8-6-5-7-9-15)19-11-10-18-14(3)4/h5-9,13-14,16-17H,10-12H2,1-4H3. The molecule has 1 aromatic carbocycles. The Morgan fingerprint density at radius 3 is 2.16 bits per heavy atom. The first-order valence-corrected chi connectivity index (χ1v) is 7.11. The van der Waals surface area contributed by atoms with Crippen LogP contribution < -0.4 is 5.32 Å². The predicted octanol–water partition coefficient (Wildman–Crippen LogP) is 3.17. The molecule has 1 unspecified atom stereocenters. The molecule has 19 heavy (non-hydrogen) atoms. The van der Waals surface area contributed by atoms with Crippen LogP contribution in [0.4, 0.5) is 0 Å². The molecule has 0 heterocycles. The van der Waals surface area contributed by atoms with Crippen molar-refractivity contribution in [2.75, 3.05) is 19.8 Å². The maximum Gasteiger partial charge on any atom is 0.0950 e. The van der Waals surface area contributed by atoms with Crippen molar-refractivity contribution in [3.63, 3.8) is 0 Å².